The van der Waals surface area contributed by atoms with Gasteiger partial charge in [0.25, 0.3) is 0 Å². The van der Waals surface area contributed by atoms with E-state index in [1.807, 2.05) is 0 Å². The second kappa shape index (κ2) is 9.84. The average molecular weight is 476 g/mol. The lowest BCUT2D eigenvalue weighted by Gasteiger charge is -2.38. The number of carboxylic acid groups (broad SMARTS) is 1. The van der Waals surface area contributed by atoms with Gasteiger partial charge in [-0.3, -0.25) is 4.90 Å². The van der Waals surface area contributed by atoms with Crippen molar-refractivity contribution in [3.63, 3.8) is 0 Å². The molecule has 0 bridgehead atoms. The number of nitrogens with zero attached hydrogens (tertiary/aromatic N) is 1. The van der Waals surface area contributed by atoms with Gasteiger partial charge < -0.3 is 19.3 Å². The van der Waals surface area contributed by atoms with E-state index in [4.69, 9.17) is 14.2 Å². The molecule has 2 saturated carbocycles. The number of amides is 1. The molecule has 1 N–H and O–H groups in total. The van der Waals surface area contributed by atoms with E-state index in [0.29, 0.717) is 23.1 Å². The molecule has 2 aliphatic rings. The van der Waals surface area contributed by atoms with E-state index in [0.717, 1.165) is 25.7 Å². The fourth-order valence-electron chi connectivity index (χ4n) is 4.07. The summed E-state index contributed by atoms with van der Waals surface area (Å²) in [7, 11) is 0. The van der Waals surface area contributed by atoms with Gasteiger partial charge in [-0.15, -0.1) is 0 Å². The minimum absolute atomic E-state index is 0.120. The summed E-state index contributed by atoms with van der Waals surface area (Å²) in [5.74, 6) is -0.119. The maximum Gasteiger partial charge on any atom is 0.514 e. The van der Waals surface area contributed by atoms with E-state index in [1.54, 1.807) is 65.8 Å². The highest BCUT2D eigenvalue weighted by atomic mass is 16.7. The van der Waals surface area contributed by atoms with Crippen LogP contribution in [0.4, 0.5) is 9.59 Å². The van der Waals surface area contributed by atoms with E-state index >= 15 is 0 Å². The lowest BCUT2D eigenvalue weighted by molar-refractivity contribution is -0.144. The van der Waals surface area contributed by atoms with Crippen molar-refractivity contribution < 1.29 is 33.7 Å². The fourth-order valence-corrected chi connectivity index (χ4v) is 4.07. The second-order valence-corrected chi connectivity index (χ2v) is 11.3. The van der Waals surface area contributed by atoms with Crippen LogP contribution in [0.5, 0.6) is 5.75 Å². The number of rotatable bonds is 8. The third kappa shape index (κ3) is 7.64. The summed E-state index contributed by atoms with van der Waals surface area (Å²) in [5, 5.41) is 10.2. The number of aliphatic carboxylic acids is 1. The van der Waals surface area contributed by atoms with Crippen LogP contribution in [0, 0.1) is 11.8 Å². The molecule has 188 valence electrons. The van der Waals surface area contributed by atoms with Gasteiger partial charge in [-0.25, -0.2) is 14.4 Å². The Morgan fingerprint density at radius 2 is 1.41 bits per heavy atom. The Bertz CT molecular complexity index is 877. The molecule has 0 radical (unpaired) electrons. The first-order chi connectivity index (χ1) is 15.7. The van der Waals surface area contributed by atoms with Crippen molar-refractivity contribution in [3.8, 4) is 5.75 Å². The van der Waals surface area contributed by atoms with Crippen LogP contribution in [0.3, 0.4) is 0 Å². The molecule has 0 aromatic heterocycles. The summed E-state index contributed by atoms with van der Waals surface area (Å²) in [6.07, 6.45) is 2.75. The molecule has 8 nitrogen and oxygen atoms in total. The van der Waals surface area contributed by atoms with Gasteiger partial charge >= 0.3 is 18.2 Å². The van der Waals surface area contributed by atoms with Crippen molar-refractivity contribution >= 4 is 18.2 Å². The lowest BCUT2D eigenvalue weighted by Crippen LogP contribution is -2.54. The maximum absolute atomic E-state index is 13.3. The van der Waals surface area contributed by atoms with Gasteiger partial charge in [0, 0.05) is 12.5 Å². The molecule has 0 aliphatic heterocycles. The van der Waals surface area contributed by atoms with Gasteiger partial charge in [-0.1, -0.05) is 12.1 Å². The quantitative estimate of drug-likeness (QED) is 0.395. The first-order valence-electron chi connectivity index (χ1n) is 12.0. The van der Waals surface area contributed by atoms with Crippen molar-refractivity contribution in [1.82, 2.24) is 4.90 Å². The zero-order valence-electron chi connectivity index (χ0n) is 21.0. The molecular formula is C26H37NO7. The van der Waals surface area contributed by atoms with Crippen molar-refractivity contribution in [1.29, 1.82) is 0 Å². The van der Waals surface area contributed by atoms with Crippen LogP contribution in [0.25, 0.3) is 0 Å². The summed E-state index contributed by atoms with van der Waals surface area (Å²) in [4.78, 5) is 39.1. The molecule has 1 amide bonds. The van der Waals surface area contributed by atoms with E-state index in [9.17, 15) is 19.5 Å². The van der Waals surface area contributed by atoms with Crippen LogP contribution in [0.15, 0.2) is 24.3 Å². The van der Waals surface area contributed by atoms with E-state index in [2.05, 4.69) is 0 Å². The van der Waals surface area contributed by atoms with Crippen molar-refractivity contribution in [2.24, 2.45) is 11.8 Å². The Kier molecular flexibility index (Phi) is 7.48. The van der Waals surface area contributed by atoms with E-state index in [-0.39, 0.29) is 12.5 Å². The van der Waals surface area contributed by atoms with Crippen LogP contribution < -0.4 is 4.74 Å². The minimum atomic E-state index is -1.06. The SMILES string of the molecule is CC(C)(C)OC(=O)Oc1ccc(C[C@H](C(=O)O)N(C(=O)OC(C)(C)C)C(C2CC2)C2CC2)cc1. The molecular weight excluding hydrogens is 438 g/mol. The van der Waals surface area contributed by atoms with Gasteiger partial charge in [-0.05, 0) is 96.8 Å². The summed E-state index contributed by atoms with van der Waals surface area (Å²) in [6, 6.07) is 5.41. The number of hydrogen-bond donors (Lipinski definition) is 1. The Morgan fingerprint density at radius 3 is 1.82 bits per heavy atom. The monoisotopic (exact) mass is 475 g/mol. The van der Waals surface area contributed by atoms with Gasteiger partial charge in [-0.2, -0.15) is 0 Å². The van der Waals surface area contributed by atoms with Crippen LogP contribution in [-0.4, -0.2) is 51.5 Å². The molecule has 1 aromatic rings. The Hall–Kier alpha value is -2.77. The predicted molar refractivity (Wildman–Crippen MR) is 126 cm³/mol. The molecule has 1 aromatic carbocycles. The minimum Gasteiger partial charge on any atom is -0.480 e. The van der Waals surface area contributed by atoms with Crippen LogP contribution in [0.1, 0.15) is 72.8 Å². The fraction of sp³-hybridized carbons (Fsp3) is 0.654. The summed E-state index contributed by atoms with van der Waals surface area (Å²) >= 11 is 0. The first-order valence-corrected chi connectivity index (χ1v) is 12.0. The van der Waals surface area contributed by atoms with Crippen LogP contribution >= 0.6 is 0 Å². The highest BCUT2D eigenvalue weighted by molar-refractivity contribution is 5.81. The largest absolute Gasteiger partial charge is 0.514 e. The van der Waals surface area contributed by atoms with Crippen LogP contribution in [0.2, 0.25) is 0 Å². The van der Waals surface area contributed by atoms with Crippen molar-refractivity contribution in [2.45, 2.75) is 96.9 Å². The molecule has 34 heavy (non-hydrogen) atoms. The molecule has 0 unspecified atom stereocenters. The number of benzene rings is 1. The smallest absolute Gasteiger partial charge is 0.480 e. The molecule has 0 saturated heterocycles. The molecule has 0 heterocycles. The normalized spacial score (nSPS) is 17.1. The molecule has 2 fully saturated rings. The summed E-state index contributed by atoms with van der Waals surface area (Å²) in [6.45, 7) is 10.6. The second-order valence-electron chi connectivity index (χ2n) is 11.3. The average Bonchev–Trinajstić information content (AvgIpc) is 3.57. The van der Waals surface area contributed by atoms with E-state index in [1.165, 1.54) is 4.90 Å². The Balaban J connectivity index is 1.78. The zero-order valence-corrected chi connectivity index (χ0v) is 21.0. The number of carbonyl (C=O) groups excluding carboxylic acids is 2. The maximum atomic E-state index is 13.3. The van der Waals surface area contributed by atoms with Gasteiger partial charge in [0.15, 0.2) is 0 Å². The number of carbonyl (C=O) groups is 3. The summed E-state index contributed by atoms with van der Waals surface area (Å²) < 4.78 is 16.0. The number of carboxylic acids is 1. The standard InChI is InChI=1S/C26H37NO7/c1-25(2,3)33-23(30)27(21(17-9-10-17)18-11-12-18)20(22(28)29)15-16-7-13-19(14-8-16)32-24(31)34-26(4,5)6/h7-8,13-14,17-18,20-21H,9-12,15H2,1-6H3,(H,28,29)/t20-/m1/s1. The van der Waals surface area contributed by atoms with Crippen molar-refractivity contribution in [2.75, 3.05) is 0 Å². The highest BCUT2D eigenvalue weighted by Crippen LogP contribution is 2.48. The molecule has 2 aliphatic carbocycles. The molecule has 8 heteroatoms. The van der Waals surface area contributed by atoms with Gasteiger partial charge in [0.05, 0.1) is 0 Å². The summed E-state index contributed by atoms with van der Waals surface area (Å²) in [5.41, 5.74) is -0.685. The predicted octanol–water partition coefficient (Wildman–Crippen LogP) is 5.42. The Morgan fingerprint density at radius 1 is 0.912 bits per heavy atom. The highest BCUT2D eigenvalue weighted by Gasteiger charge is 2.50. The molecule has 1 atom stereocenters. The lowest BCUT2D eigenvalue weighted by atomic mass is 9.98. The zero-order chi connectivity index (χ0) is 25.3. The van der Waals surface area contributed by atoms with Gasteiger partial charge in [0.2, 0.25) is 0 Å². The van der Waals surface area contributed by atoms with Crippen molar-refractivity contribution in [3.05, 3.63) is 29.8 Å². The third-order valence-corrected chi connectivity index (χ3v) is 5.70. The first kappa shape index (κ1) is 25.8. The van der Waals surface area contributed by atoms with E-state index < -0.39 is 35.5 Å². The third-order valence-electron chi connectivity index (χ3n) is 5.70. The Labute approximate surface area is 201 Å². The molecule has 0 spiro atoms. The number of hydrogen-bond acceptors (Lipinski definition) is 6. The topological polar surface area (TPSA) is 102 Å². The molecule has 3 rings (SSSR count). The van der Waals surface area contributed by atoms with Crippen LogP contribution in [-0.2, 0) is 20.7 Å². The number of ether oxygens (including phenoxy) is 3. The van der Waals surface area contributed by atoms with Gasteiger partial charge in [0.1, 0.15) is 23.0 Å².